The summed E-state index contributed by atoms with van der Waals surface area (Å²) in [6, 6.07) is 0. The molecule has 1 fully saturated rings. The minimum absolute atomic E-state index is 0.00324. The van der Waals surface area contributed by atoms with E-state index < -0.39 is 24.3 Å². The van der Waals surface area contributed by atoms with Crippen molar-refractivity contribution in [2.75, 3.05) is 28.4 Å². The summed E-state index contributed by atoms with van der Waals surface area (Å²) in [7, 11) is 6.86. The Morgan fingerprint density at radius 2 is 1.51 bits per heavy atom. The van der Waals surface area contributed by atoms with Crippen LogP contribution in [0.1, 0.15) is 99.3 Å². The number of esters is 1. The topological polar surface area (TPSA) is 122 Å². The highest BCUT2D eigenvalue weighted by Gasteiger charge is 2.40. The maximum absolute atomic E-state index is 13.4. The molecule has 3 rings (SSSR count). The zero-order chi connectivity index (χ0) is 37.7. The number of cyclic esters (lactones) is 1. The van der Waals surface area contributed by atoms with Crippen LogP contribution in [-0.2, 0) is 38.0 Å². The molecule has 0 aromatic rings. The number of allylic oxidation sites excluding steroid dienone is 2. The van der Waals surface area contributed by atoms with Crippen molar-refractivity contribution in [1.29, 1.82) is 0 Å². The molecule has 1 unspecified atom stereocenters. The van der Waals surface area contributed by atoms with Gasteiger partial charge in [0.15, 0.2) is 0 Å². The van der Waals surface area contributed by atoms with Crippen LogP contribution in [-0.4, -0.2) is 112 Å². The molecule has 3 aliphatic rings. The standard InChI is InChI=1S/C41H70O10/c1-25-14-17-31(42)21-32-12-11-13-33(50-32)23-36(46-8)28(4)37(47-9)24-38(48-10)29(5)41(51-39(43)19-15-25)30(6)40(44)26(2)16-18-34-22-35(45-7)20-27(3)49-34/h11-12,14-15,19,26-38,40-42,44H,13,16-18,20-24H2,1-10H3/b19-15+,25-14+/t26-,27-,28+,29-,30-,31-,32-,33?,34-,35+,36-,37-,38+,40-,41-/m0/s1. The summed E-state index contributed by atoms with van der Waals surface area (Å²) in [5.41, 5.74) is 0.842. The molecule has 2 N–H and O–H groups in total. The van der Waals surface area contributed by atoms with Crippen molar-refractivity contribution in [3.8, 4) is 0 Å². The van der Waals surface area contributed by atoms with Gasteiger partial charge in [-0.1, -0.05) is 57.6 Å². The molecule has 3 heterocycles. The molecule has 3 aliphatic heterocycles. The van der Waals surface area contributed by atoms with E-state index in [9.17, 15) is 15.0 Å². The molecule has 10 nitrogen and oxygen atoms in total. The van der Waals surface area contributed by atoms with Crippen LogP contribution in [0.2, 0.25) is 0 Å². The quantitative estimate of drug-likeness (QED) is 0.195. The molecule has 15 atom stereocenters. The fourth-order valence-electron chi connectivity index (χ4n) is 8.26. The van der Waals surface area contributed by atoms with E-state index in [1.807, 2.05) is 32.9 Å². The van der Waals surface area contributed by atoms with E-state index in [2.05, 4.69) is 26.8 Å². The summed E-state index contributed by atoms with van der Waals surface area (Å²) in [5.74, 6) is -1.22. The lowest BCUT2D eigenvalue weighted by molar-refractivity contribution is -0.159. The highest BCUT2D eigenvalue weighted by atomic mass is 16.6. The monoisotopic (exact) mass is 722 g/mol. The molecule has 51 heavy (non-hydrogen) atoms. The van der Waals surface area contributed by atoms with Crippen molar-refractivity contribution in [3.63, 3.8) is 0 Å². The number of hydrogen-bond donors (Lipinski definition) is 2. The number of ether oxygens (including phenoxy) is 7. The summed E-state index contributed by atoms with van der Waals surface area (Å²) >= 11 is 0. The first-order chi connectivity index (χ1) is 24.3. The average molecular weight is 723 g/mol. The minimum atomic E-state index is -0.733. The van der Waals surface area contributed by atoms with Crippen LogP contribution in [0, 0.1) is 23.7 Å². The Balaban J connectivity index is 1.86. The van der Waals surface area contributed by atoms with Crippen LogP contribution < -0.4 is 0 Å². The maximum atomic E-state index is 13.4. The number of rotatable bonds is 10. The second-order valence-corrected chi connectivity index (χ2v) is 15.6. The van der Waals surface area contributed by atoms with E-state index in [4.69, 9.17) is 33.2 Å². The molecular weight excluding hydrogens is 652 g/mol. The molecule has 0 aliphatic carbocycles. The Morgan fingerprint density at radius 1 is 0.843 bits per heavy atom. The third kappa shape index (κ3) is 13.6. The lowest BCUT2D eigenvalue weighted by atomic mass is 9.78. The maximum Gasteiger partial charge on any atom is 0.331 e. The molecule has 0 spiro atoms. The number of aliphatic hydroxyl groups is 2. The predicted molar refractivity (Wildman–Crippen MR) is 198 cm³/mol. The third-order valence-corrected chi connectivity index (χ3v) is 11.7. The van der Waals surface area contributed by atoms with Crippen LogP contribution >= 0.6 is 0 Å². The molecular formula is C41H70O10. The summed E-state index contributed by atoms with van der Waals surface area (Å²) in [6.07, 6.45) is 13.0. The first kappa shape index (κ1) is 43.8. The number of methoxy groups -OCH3 is 4. The Morgan fingerprint density at radius 3 is 2.18 bits per heavy atom. The van der Waals surface area contributed by atoms with Crippen LogP contribution in [0.15, 0.2) is 36.0 Å². The number of aliphatic hydroxyl groups excluding tert-OH is 2. The Labute approximate surface area is 308 Å². The van der Waals surface area contributed by atoms with Gasteiger partial charge in [0.25, 0.3) is 0 Å². The van der Waals surface area contributed by atoms with E-state index in [0.29, 0.717) is 25.7 Å². The third-order valence-electron chi connectivity index (χ3n) is 11.7. The summed E-state index contributed by atoms with van der Waals surface area (Å²) in [5, 5.41) is 22.6. The molecule has 294 valence electrons. The van der Waals surface area contributed by atoms with E-state index in [1.165, 1.54) is 6.08 Å². The van der Waals surface area contributed by atoms with Crippen molar-refractivity contribution in [1.82, 2.24) is 0 Å². The molecule has 0 amide bonds. The molecule has 1 saturated heterocycles. The van der Waals surface area contributed by atoms with Crippen molar-refractivity contribution in [3.05, 3.63) is 36.0 Å². The fraction of sp³-hybridized carbons (Fsp3) is 0.829. The zero-order valence-electron chi connectivity index (χ0n) is 33.1. The van der Waals surface area contributed by atoms with Gasteiger partial charge < -0.3 is 43.4 Å². The van der Waals surface area contributed by atoms with Gasteiger partial charge in [-0.2, -0.15) is 0 Å². The van der Waals surface area contributed by atoms with Gasteiger partial charge in [-0.3, -0.25) is 0 Å². The Kier molecular flexibility index (Phi) is 18.8. The van der Waals surface area contributed by atoms with Gasteiger partial charge in [-0.15, -0.1) is 0 Å². The van der Waals surface area contributed by atoms with E-state index in [1.54, 1.807) is 34.5 Å². The summed E-state index contributed by atoms with van der Waals surface area (Å²) < 4.78 is 42.7. The van der Waals surface area contributed by atoms with Crippen molar-refractivity contribution in [2.24, 2.45) is 23.7 Å². The highest BCUT2D eigenvalue weighted by molar-refractivity contribution is 5.82. The van der Waals surface area contributed by atoms with Crippen molar-refractivity contribution >= 4 is 5.97 Å². The molecule has 0 aromatic carbocycles. The normalized spacial score (nSPS) is 39.9. The van der Waals surface area contributed by atoms with Crippen LogP contribution in [0.25, 0.3) is 0 Å². The first-order valence-corrected chi connectivity index (χ1v) is 19.3. The smallest absolute Gasteiger partial charge is 0.331 e. The second kappa shape index (κ2) is 21.9. The average Bonchev–Trinajstić information content (AvgIpc) is 3.12. The number of fused-ring (bicyclic) bond motifs is 2. The lowest BCUT2D eigenvalue weighted by Crippen LogP contribution is -2.46. The summed E-state index contributed by atoms with van der Waals surface area (Å²) in [6.45, 7) is 12.1. The van der Waals surface area contributed by atoms with E-state index >= 15 is 0 Å². The predicted octanol–water partition coefficient (Wildman–Crippen LogP) is 6.36. The van der Waals surface area contributed by atoms with E-state index in [-0.39, 0.29) is 72.5 Å². The Hall–Kier alpha value is -1.63. The Bertz CT molecular complexity index is 1110. The molecule has 2 bridgehead atoms. The largest absolute Gasteiger partial charge is 0.458 e. The van der Waals surface area contributed by atoms with E-state index in [0.717, 1.165) is 37.7 Å². The van der Waals surface area contributed by atoms with Gasteiger partial charge in [-0.25, -0.2) is 4.79 Å². The lowest BCUT2D eigenvalue weighted by Gasteiger charge is -2.39. The minimum Gasteiger partial charge on any atom is -0.458 e. The van der Waals surface area contributed by atoms with Crippen LogP contribution in [0.3, 0.4) is 0 Å². The first-order valence-electron chi connectivity index (χ1n) is 19.3. The van der Waals surface area contributed by atoms with Crippen LogP contribution in [0.5, 0.6) is 0 Å². The number of hydrogen-bond acceptors (Lipinski definition) is 10. The second-order valence-electron chi connectivity index (χ2n) is 15.6. The SMILES string of the molecule is CO[C@H]1C[C@H](CC[C@H](C)[C@H](O)[C@H](C)[C@H]2OC(=O)/C=C/C(C)=C/C[C@H](O)C[C@@H]3C=CCC(C[C@H](OC)[C@@H](C)[C@@H](OC)C[C@@H](OC)[C@@H]2C)O3)O[C@@H](C)C1. The van der Waals surface area contributed by atoms with Gasteiger partial charge >= 0.3 is 5.97 Å². The van der Waals surface area contributed by atoms with Gasteiger partial charge in [0.1, 0.15) is 6.10 Å². The highest BCUT2D eigenvalue weighted by Crippen LogP contribution is 2.34. The fourth-order valence-corrected chi connectivity index (χ4v) is 8.26. The van der Waals surface area contributed by atoms with Gasteiger partial charge in [-0.05, 0) is 58.3 Å². The van der Waals surface area contributed by atoms with Crippen molar-refractivity contribution in [2.45, 2.75) is 166 Å². The molecule has 10 heteroatoms. The molecule has 0 radical (unpaired) electrons. The number of carbonyl (C=O) groups is 1. The van der Waals surface area contributed by atoms with Gasteiger partial charge in [0.2, 0.25) is 0 Å². The van der Waals surface area contributed by atoms with Gasteiger partial charge in [0.05, 0.1) is 61.0 Å². The summed E-state index contributed by atoms with van der Waals surface area (Å²) in [4.78, 5) is 13.4. The molecule has 0 saturated carbocycles. The van der Waals surface area contributed by atoms with Crippen LogP contribution in [0.4, 0.5) is 0 Å². The van der Waals surface area contributed by atoms with Crippen molar-refractivity contribution < 1.29 is 48.2 Å². The molecule has 0 aromatic heterocycles. The number of carbonyl (C=O) groups excluding carboxylic acids is 1. The van der Waals surface area contributed by atoms with Gasteiger partial charge in [0, 0.05) is 71.5 Å². The zero-order valence-corrected chi connectivity index (χ0v) is 33.1.